The average Bonchev–Trinajstić information content (AvgIpc) is 3.05. The lowest BCUT2D eigenvalue weighted by Crippen LogP contribution is -2.02. The van der Waals surface area contributed by atoms with Crippen molar-refractivity contribution in [1.82, 2.24) is 0 Å². The Kier molecular flexibility index (Phi) is 2.98. The van der Waals surface area contributed by atoms with Gasteiger partial charge in [0.15, 0.2) is 0 Å². The minimum atomic E-state index is 0.486. The van der Waals surface area contributed by atoms with Crippen LogP contribution in [0.25, 0.3) is 0 Å². The van der Waals surface area contributed by atoms with Crippen LogP contribution in [0.3, 0.4) is 0 Å². The SMILES string of the molecule is N/C=C/C=C\C=C1N=C\1C1C=CC=CC1. The van der Waals surface area contributed by atoms with E-state index in [0.717, 1.165) is 12.1 Å². The van der Waals surface area contributed by atoms with Crippen LogP contribution < -0.4 is 5.73 Å². The number of allylic oxidation sites excluding steroid dienone is 9. The smallest absolute Gasteiger partial charge is 0.0855 e. The van der Waals surface area contributed by atoms with Gasteiger partial charge in [0.2, 0.25) is 0 Å². The molecule has 1 aliphatic heterocycles. The second-order valence-electron chi connectivity index (χ2n) is 3.47. The fourth-order valence-corrected chi connectivity index (χ4v) is 1.56. The Morgan fingerprint density at radius 3 is 2.93 bits per heavy atom. The Morgan fingerprint density at radius 2 is 2.20 bits per heavy atom. The first-order valence-corrected chi connectivity index (χ1v) is 5.09. The number of aliphatic imine (C=N–C) groups is 1. The summed E-state index contributed by atoms with van der Waals surface area (Å²) < 4.78 is 0. The van der Waals surface area contributed by atoms with Gasteiger partial charge in [-0.2, -0.15) is 0 Å². The van der Waals surface area contributed by atoms with Crippen molar-refractivity contribution in [3.05, 3.63) is 60.5 Å². The van der Waals surface area contributed by atoms with Crippen LogP contribution in [0.4, 0.5) is 0 Å². The highest BCUT2D eigenvalue weighted by Gasteiger charge is 2.26. The lowest BCUT2D eigenvalue weighted by Gasteiger charge is -2.05. The van der Waals surface area contributed by atoms with E-state index < -0.39 is 0 Å². The Bertz CT molecular complexity index is 406. The molecule has 0 saturated carbocycles. The van der Waals surface area contributed by atoms with Crippen LogP contribution in [0.2, 0.25) is 0 Å². The maximum Gasteiger partial charge on any atom is 0.0855 e. The molecular formula is C13H14N2. The van der Waals surface area contributed by atoms with Gasteiger partial charge in [0.1, 0.15) is 0 Å². The van der Waals surface area contributed by atoms with E-state index in [4.69, 9.17) is 5.73 Å². The summed E-state index contributed by atoms with van der Waals surface area (Å²) in [5, 5.41) is 0. The molecule has 2 aliphatic rings. The number of rotatable bonds is 3. The highest BCUT2D eigenvalue weighted by molar-refractivity contribution is 6.14. The van der Waals surface area contributed by atoms with Crippen LogP contribution in [0.5, 0.6) is 0 Å². The Balaban J connectivity index is 1.87. The van der Waals surface area contributed by atoms with E-state index in [-0.39, 0.29) is 0 Å². The number of hydrogen-bond acceptors (Lipinski definition) is 2. The molecular weight excluding hydrogens is 184 g/mol. The molecule has 1 heterocycles. The van der Waals surface area contributed by atoms with Gasteiger partial charge in [-0.05, 0) is 24.8 Å². The van der Waals surface area contributed by atoms with E-state index in [0.29, 0.717) is 5.92 Å². The lowest BCUT2D eigenvalue weighted by atomic mass is 9.97. The van der Waals surface area contributed by atoms with Gasteiger partial charge in [0.05, 0.1) is 11.4 Å². The minimum absolute atomic E-state index is 0.486. The fourth-order valence-electron chi connectivity index (χ4n) is 1.56. The number of hydrogen-bond donors (Lipinski definition) is 1. The molecule has 1 unspecified atom stereocenters. The molecule has 0 bridgehead atoms. The maximum absolute atomic E-state index is 5.21. The normalized spacial score (nSPS) is 26.8. The Morgan fingerprint density at radius 1 is 1.27 bits per heavy atom. The van der Waals surface area contributed by atoms with E-state index in [9.17, 15) is 0 Å². The topological polar surface area (TPSA) is 38.4 Å². The first-order chi connectivity index (χ1) is 7.42. The van der Waals surface area contributed by atoms with E-state index in [2.05, 4.69) is 29.3 Å². The standard InChI is InChI=1S/C13H14N2/c14-10-6-2-5-9-12-13(15-12)11-7-3-1-4-8-11/h1-7,9-11H,8,14H2/b5-2-,10-6+,12-9+. The van der Waals surface area contributed by atoms with Crippen molar-refractivity contribution >= 4 is 5.71 Å². The molecule has 0 saturated heterocycles. The van der Waals surface area contributed by atoms with Crippen molar-refractivity contribution in [3.63, 3.8) is 0 Å². The summed E-state index contributed by atoms with van der Waals surface area (Å²) in [5.74, 6) is 0.486. The quantitative estimate of drug-likeness (QED) is 0.695. The summed E-state index contributed by atoms with van der Waals surface area (Å²) >= 11 is 0. The van der Waals surface area contributed by atoms with Crippen LogP contribution in [0.1, 0.15) is 6.42 Å². The summed E-state index contributed by atoms with van der Waals surface area (Å²) in [4.78, 5) is 4.36. The first-order valence-electron chi connectivity index (χ1n) is 5.09. The van der Waals surface area contributed by atoms with Gasteiger partial charge >= 0.3 is 0 Å². The zero-order valence-electron chi connectivity index (χ0n) is 8.51. The molecule has 15 heavy (non-hydrogen) atoms. The van der Waals surface area contributed by atoms with Gasteiger partial charge in [0.25, 0.3) is 0 Å². The lowest BCUT2D eigenvalue weighted by molar-refractivity contribution is 0.886. The molecule has 2 N–H and O–H groups in total. The predicted octanol–water partition coefficient (Wildman–Crippen LogP) is 2.49. The van der Waals surface area contributed by atoms with Crippen molar-refractivity contribution in [2.75, 3.05) is 0 Å². The second kappa shape index (κ2) is 4.60. The van der Waals surface area contributed by atoms with Crippen LogP contribution in [0, 0.1) is 5.92 Å². The average molecular weight is 198 g/mol. The van der Waals surface area contributed by atoms with Gasteiger partial charge in [0, 0.05) is 5.92 Å². The van der Waals surface area contributed by atoms with Gasteiger partial charge in [-0.15, -0.1) is 0 Å². The summed E-state index contributed by atoms with van der Waals surface area (Å²) in [6, 6.07) is 0. The van der Waals surface area contributed by atoms with Gasteiger partial charge in [-0.25, -0.2) is 4.99 Å². The number of nitrogens with two attached hydrogens (primary N) is 1. The molecule has 2 rings (SSSR count). The zero-order valence-corrected chi connectivity index (χ0v) is 8.51. The number of nitrogens with zero attached hydrogens (tertiary/aromatic N) is 1. The summed E-state index contributed by atoms with van der Waals surface area (Å²) in [6.45, 7) is 0. The van der Waals surface area contributed by atoms with Crippen molar-refractivity contribution in [3.8, 4) is 0 Å². The molecule has 0 amide bonds. The molecule has 0 aromatic carbocycles. The van der Waals surface area contributed by atoms with Crippen LogP contribution in [-0.2, 0) is 0 Å². The first kappa shape index (κ1) is 9.71. The third-order valence-corrected chi connectivity index (χ3v) is 2.37. The molecule has 0 aromatic rings. The molecule has 0 radical (unpaired) electrons. The molecule has 0 aromatic heterocycles. The summed E-state index contributed by atoms with van der Waals surface area (Å²) in [7, 11) is 0. The third-order valence-electron chi connectivity index (χ3n) is 2.37. The van der Waals surface area contributed by atoms with Crippen LogP contribution in [0.15, 0.2) is 65.5 Å². The van der Waals surface area contributed by atoms with Crippen molar-refractivity contribution in [2.45, 2.75) is 6.42 Å². The molecule has 1 aliphatic carbocycles. The van der Waals surface area contributed by atoms with Crippen LogP contribution >= 0.6 is 0 Å². The summed E-state index contributed by atoms with van der Waals surface area (Å²) in [5.41, 5.74) is 7.54. The van der Waals surface area contributed by atoms with Crippen molar-refractivity contribution in [2.24, 2.45) is 16.6 Å². The van der Waals surface area contributed by atoms with E-state index in [1.807, 2.05) is 18.2 Å². The maximum atomic E-state index is 5.21. The summed E-state index contributed by atoms with van der Waals surface area (Å²) in [6.07, 6.45) is 18.8. The van der Waals surface area contributed by atoms with E-state index in [1.165, 1.54) is 11.9 Å². The Hall–Kier alpha value is -1.83. The van der Waals surface area contributed by atoms with E-state index in [1.54, 1.807) is 6.08 Å². The second-order valence-corrected chi connectivity index (χ2v) is 3.47. The molecule has 76 valence electrons. The molecule has 0 spiro atoms. The largest absolute Gasteiger partial charge is 0.405 e. The minimum Gasteiger partial charge on any atom is -0.405 e. The molecule has 0 fully saturated rings. The van der Waals surface area contributed by atoms with E-state index >= 15 is 0 Å². The molecule has 2 heteroatoms. The highest BCUT2D eigenvalue weighted by Crippen LogP contribution is 2.28. The molecule has 1 atom stereocenters. The monoisotopic (exact) mass is 198 g/mol. The van der Waals surface area contributed by atoms with Gasteiger partial charge < -0.3 is 5.73 Å². The Labute approximate surface area is 89.9 Å². The van der Waals surface area contributed by atoms with Crippen LogP contribution in [-0.4, -0.2) is 5.71 Å². The van der Waals surface area contributed by atoms with Gasteiger partial charge in [-0.3, -0.25) is 0 Å². The molecule has 2 nitrogen and oxygen atoms in total. The highest BCUT2D eigenvalue weighted by atomic mass is 14.9. The van der Waals surface area contributed by atoms with Gasteiger partial charge in [-0.1, -0.05) is 36.5 Å². The predicted molar refractivity (Wildman–Crippen MR) is 64.4 cm³/mol. The van der Waals surface area contributed by atoms with Crippen molar-refractivity contribution in [1.29, 1.82) is 0 Å². The van der Waals surface area contributed by atoms with Crippen molar-refractivity contribution < 1.29 is 0 Å². The fraction of sp³-hybridized carbons (Fsp3) is 0.154. The zero-order chi connectivity index (χ0) is 10.5. The third kappa shape index (κ3) is 2.56.